The van der Waals surface area contributed by atoms with Crippen molar-refractivity contribution >= 4 is 11.6 Å². The molecule has 0 saturated carbocycles. The third kappa shape index (κ3) is 3.70. The first-order valence-corrected chi connectivity index (χ1v) is 7.57. The molecule has 23 heavy (non-hydrogen) atoms. The van der Waals surface area contributed by atoms with Crippen LogP contribution in [0.25, 0.3) is 5.65 Å². The van der Waals surface area contributed by atoms with Crippen molar-refractivity contribution < 1.29 is 9.90 Å². The van der Waals surface area contributed by atoms with Crippen LogP contribution in [0.15, 0.2) is 15.7 Å². The number of nitrogens with zero attached hydrogens (tertiary/aromatic N) is 1. The number of H-pyrrole nitrogens is 2. The van der Waals surface area contributed by atoms with Crippen molar-refractivity contribution in [1.82, 2.24) is 19.9 Å². The highest BCUT2D eigenvalue weighted by molar-refractivity contribution is 5.76. The fraction of sp³-hybridized carbons (Fsp3) is 0.533. The number of aliphatic hydroxyl groups is 1. The van der Waals surface area contributed by atoms with E-state index in [1.807, 2.05) is 13.8 Å². The van der Waals surface area contributed by atoms with Crippen LogP contribution in [0.5, 0.6) is 0 Å². The van der Waals surface area contributed by atoms with E-state index in [4.69, 9.17) is 0 Å². The number of nitrogens with one attached hydrogen (secondary N) is 3. The Morgan fingerprint density at radius 3 is 2.70 bits per heavy atom. The van der Waals surface area contributed by atoms with Gasteiger partial charge in [-0.25, -0.2) is 4.52 Å². The van der Waals surface area contributed by atoms with Crippen LogP contribution in [0, 0.1) is 12.8 Å². The maximum absolute atomic E-state index is 12.4. The van der Waals surface area contributed by atoms with Crippen molar-refractivity contribution in [2.75, 3.05) is 6.61 Å². The molecular formula is C15H22N4O4. The topological polar surface area (TPSA) is 119 Å². The van der Waals surface area contributed by atoms with Gasteiger partial charge in [-0.05, 0) is 19.3 Å². The number of carbonyl (C=O) groups excluding carboxylic acids is 1. The molecule has 8 nitrogen and oxygen atoms in total. The average Bonchev–Trinajstić information content (AvgIpc) is 2.84. The highest BCUT2D eigenvalue weighted by Gasteiger charge is 2.16. The first kappa shape index (κ1) is 17.0. The van der Waals surface area contributed by atoms with Gasteiger partial charge in [0.05, 0.1) is 12.6 Å². The summed E-state index contributed by atoms with van der Waals surface area (Å²) < 4.78 is 1.15. The van der Waals surface area contributed by atoms with Gasteiger partial charge in [-0.1, -0.05) is 13.8 Å². The SMILES string of the molecule is Cc1[nH]c2cc(=O)[nH]n2c(=O)c1CCC(=O)NC(CO)C(C)C. The van der Waals surface area contributed by atoms with Gasteiger partial charge in [-0.15, -0.1) is 0 Å². The van der Waals surface area contributed by atoms with Gasteiger partial charge in [-0.2, -0.15) is 0 Å². The molecule has 1 atom stereocenters. The van der Waals surface area contributed by atoms with Gasteiger partial charge in [0, 0.05) is 23.7 Å². The molecule has 0 aromatic carbocycles. The molecule has 1 amide bonds. The Morgan fingerprint density at radius 1 is 1.39 bits per heavy atom. The van der Waals surface area contributed by atoms with Gasteiger partial charge < -0.3 is 15.4 Å². The molecule has 8 heteroatoms. The summed E-state index contributed by atoms with van der Waals surface area (Å²) in [6.45, 7) is 5.43. The molecule has 0 spiro atoms. The molecule has 0 aliphatic carbocycles. The molecule has 0 aliphatic rings. The molecule has 0 radical (unpaired) electrons. The molecule has 0 aliphatic heterocycles. The smallest absolute Gasteiger partial charge is 0.276 e. The zero-order chi connectivity index (χ0) is 17.1. The molecule has 4 N–H and O–H groups in total. The Hall–Kier alpha value is -2.35. The third-order valence-corrected chi connectivity index (χ3v) is 3.91. The molecule has 2 rings (SSSR count). The summed E-state index contributed by atoms with van der Waals surface area (Å²) in [6, 6.07) is 1.00. The zero-order valence-electron chi connectivity index (χ0n) is 13.5. The third-order valence-electron chi connectivity index (χ3n) is 3.91. The molecule has 0 bridgehead atoms. The molecule has 126 valence electrons. The van der Waals surface area contributed by atoms with E-state index in [0.29, 0.717) is 16.9 Å². The van der Waals surface area contributed by atoms with Crippen LogP contribution in [0.4, 0.5) is 0 Å². The van der Waals surface area contributed by atoms with Crippen molar-refractivity contribution in [3.63, 3.8) is 0 Å². The number of amides is 1. The summed E-state index contributed by atoms with van der Waals surface area (Å²) in [5.41, 5.74) is 0.767. The second-order valence-electron chi connectivity index (χ2n) is 5.98. The van der Waals surface area contributed by atoms with Crippen molar-refractivity contribution in [2.24, 2.45) is 5.92 Å². The predicted molar refractivity (Wildman–Crippen MR) is 85.6 cm³/mol. The van der Waals surface area contributed by atoms with E-state index in [1.165, 1.54) is 6.07 Å². The van der Waals surface area contributed by atoms with Crippen molar-refractivity contribution in [3.8, 4) is 0 Å². The molecule has 0 fully saturated rings. The standard InChI is InChI=1S/C15H22N4O4/c1-8(2)11(7-20)17-13(21)5-4-10-9(3)16-12-6-14(22)18-19(12)15(10)23/h6,8,11,16,20H,4-5,7H2,1-3H3,(H,17,21)(H,18,22). The quantitative estimate of drug-likeness (QED) is 0.583. The number of aromatic nitrogens is 3. The van der Waals surface area contributed by atoms with Gasteiger partial charge in [0.2, 0.25) is 5.91 Å². The molecule has 2 aromatic rings. The number of aromatic amines is 2. The van der Waals surface area contributed by atoms with E-state index in [-0.39, 0.29) is 48.4 Å². The Labute approximate surface area is 132 Å². The van der Waals surface area contributed by atoms with Crippen molar-refractivity contribution in [2.45, 2.75) is 39.7 Å². The summed E-state index contributed by atoms with van der Waals surface area (Å²) in [4.78, 5) is 38.6. The second kappa shape index (κ2) is 6.82. The van der Waals surface area contributed by atoms with Crippen LogP contribution in [0.2, 0.25) is 0 Å². The Kier molecular flexibility index (Phi) is 5.05. The Morgan fingerprint density at radius 2 is 2.09 bits per heavy atom. The number of carbonyl (C=O) groups is 1. The minimum Gasteiger partial charge on any atom is -0.394 e. The minimum absolute atomic E-state index is 0.121. The first-order valence-electron chi connectivity index (χ1n) is 7.57. The van der Waals surface area contributed by atoms with E-state index in [0.717, 1.165) is 4.52 Å². The maximum atomic E-state index is 12.4. The van der Waals surface area contributed by atoms with Gasteiger partial charge in [0.1, 0.15) is 5.65 Å². The van der Waals surface area contributed by atoms with E-state index in [1.54, 1.807) is 6.92 Å². The lowest BCUT2D eigenvalue weighted by Gasteiger charge is -2.19. The largest absolute Gasteiger partial charge is 0.394 e. The normalized spacial score (nSPS) is 12.7. The van der Waals surface area contributed by atoms with Crippen molar-refractivity contribution in [1.29, 1.82) is 0 Å². The highest BCUT2D eigenvalue weighted by atomic mass is 16.3. The van der Waals surface area contributed by atoms with Crippen molar-refractivity contribution in [3.05, 3.63) is 38.0 Å². The van der Waals surface area contributed by atoms with Crippen LogP contribution in [0.3, 0.4) is 0 Å². The van der Waals surface area contributed by atoms with Gasteiger partial charge in [0.15, 0.2) is 0 Å². The summed E-state index contributed by atoms with van der Waals surface area (Å²) in [6.07, 6.45) is 0.379. The van der Waals surface area contributed by atoms with Crippen LogP contribution < -0.4 is 16.4 Å². The number of fused-ring (bicyclic) bond motifs is 1. The number of rotatable bonds is 6. The van der Waals surface area contributed by atoms with Crippen LogP contribution in [-0.2, 0) is 11.2 Å². The predicted octanol–water partition coefficient (Wildman–Crippen LogP) is -0.310. The van der Waals surface area contributed by atoms with E-state index < -0.39 is 0 Å². The van der Waals surface area contributed by atoms with Gasteiger partial charge in [-0.3, -0.25) is 19.5 Å². The lowest BCUT2D eigenvalue weighted by Crippen LogP contribution is -2.41. The van der Waals surface area contributed by atoms with E-state index in [2.05, 4.69) is 15.4 Å². The Bertz CT molecular complexity index is 815. The fourth-order valence-corrected chi connectivity index (χ4v) is 2.44. The Balaban J connectivity index is 2.14. The lowest BCUT2D eigenvalue weighted by molar-refractivity contribution is -0.122. The minimum atomic E-state index is -0.365. The molecule has 1 unspecified atom stereocenters. The summed E-state index contributed by atoms with van der Waals surface area (Å²) in [7, 11) is 0. The first-order chi connectivity index (χ1) is 10.8. The van der Waals surface area contributed by atoms with Crippen LogP contribution >= 0.6 is 0 Å². The number of hydrogen-bond acceptors (Lipinski definition) is 4. The van der Waals surface area contributed by atoms with Gasteiger partial charge in [0.25, 0.3) is 11.1 Å². The molecule has 2 heterocycles. The molecular weight excluding hydrogens is 300 g/mol. The molecule has 0 saturated heterocycles. The number of aryl methyl sites for hydroxylation is 1. The highest BCUT2D eigenvalue weighted by Crippen LogP contribution is 2.06. The fourth-order valence-electron chi connectivity index (χ4n) is 2.44. The average molecular weight is 322 g/mol. The summed E-state index contributed by atoms with van der Waals surface area (Å²) in [5, 5.41) is 14.4. The summed E-state index contributed by atoms with van der Waals surface area (Å²) >= 11 is 0. The zero-order valence-corrected chi connectivity index (χ0v) is 13.5. The lowest BCUT2D eigenvalue weighted by atomic mass is 10.0. The van der Waals surface area contributed by atoms with Crippen LogP contribution in [0.1, 0.15) is 31.5 Å². The molecule has 2 aromatic heterocycles. The van der Waals surface area contributed by atoms with Gasteiger partial charge >= 0.3 is 0 Å². The maximum Gasteiger partial charge on any atom is 0.276 e. The second-order valence-corrected chi connectivity index (χ2v) is 5.98. The number of aliphatic hydroxyl groups excluding tert-OH is 1. The van der Waals surface area contributed by atoms with E-state index in [9.17, 15) is 19.5 Å². The monoisotopic (exact) mass is 322 g/mol. The summed E-state index contributed by atoms with van der Waals surface area (Å²) in [5.74, 6) is -0.104. The number of hydrogen-bond donors (Lipinski definition) is 4. The van der Waals surface area contributed by atoms with E-state index >= 15 is 0 Å². The van der Waals surface area contributed by atoms with Crippen LogP contribution in [-0.4, -0.2) is 38.3 Å².